The van der Waals surface area contributed by atoms with Gasteiger partial charge in [-0.05, 0) is 37.3 Å². The van der Waals surface area contributed by atoms with Crippen molar-refractivity contribution in [2.45, 2.75) is 6.92 Å². The molecule has 0 spiro atoms. The van der Waals surface area contributed by atoms with Gasteiger partial charge in [0.25, 0.3) is 5.91 Å². The summed E-state index contributed by atoms with van der Waals surface area (Å²) < 4.78 is 23.4. The maximum absolute atomic E-state index is 13.1. The Hall–Kier alpha value is -2.60. The molecule has 2 heterocycles. The highest BCUT2D eigenvalue weighted by Crippen LogP contribution is 2.27. The number of hydrogen-bond donors (Lipinski definition) is 1. The minimum absolute atomic E-state index is 0.0777. The Balaban J connectivity index is 1.92. The zero-order chi connectivity index (χ0) is 15.7. The highest BCUT2D eigenvalue weighted by atomic mass is 35.5. The fourth-order valence-corrected chi connectivity index (χ4v) is 2.17. The number of anilines is 1. The molecule has 3 aromatic rings. The van der Waals surface area contributed by atoms with Crippen LogP contribution in [0.2, 0.25) is 5.02 Å². The van der Waals surface area contributed by atoms with Crippen LogP contribution in [0.5, 0.6) is 0 Å². The van der Waals surface area contributed by atoms with Gasteiger partial charge in [0.05, 0.1) is 11.3 Å². The Morgan fingerprint density at radius 2 is 2.18 bits per heavy atom. The van der Waals surface area contributed by atoms with Crippen molar-refractivity contribution in [3.8, 4) is 11.5 Å². The highest BCUT2D eigenvalue weighted by molar-refractivity contribution is 6.31. The van der Waals surface area contributed by atoms with Gasteiger partial charge in [-0.25, -0.2) is 4.39 Å². The Morgan fingerprint density at radius 1 is 1.36 bits per heavy atom. The van der Waals surface area contributed by atoms with Crippen LogP contribution < -0.4 is 5.32 Å². The van der Waals surface area contributed by atoms with Crippen LogP contribution in [0.1, 0.15) is 16.1 Å². The normalized spacial score (nSPS) is 10.7. The van der Waals surface area contributed by atoms with E-state index in [2.05, 4.69) is 10.5 Å². The van der Waals surface area contributed by atoms with Gasteiger partial charge >= 0.3 is 0 Å². The third kappa shape index (κ3) is 2.60. The fourth-order valence-electron chi connectivity index (χ4n) is 1.99. The van der Waals surface area contributed by atoms with Crippen molar-refractivity contribution >= 4 is 23.2 Å². The second kappa shape index (κ2) is 5.65. The molecule has 112 valence electrons. The summed E-state index contributed by atoms with van der Waals surface area (Å²) in [5.41, 5.74) is 0.908. The van der Waals surface area contributed by atoms with E-state index in [1.807, 2.05) is 0 Å². The predicted molar refractivity (Wildman–Crippen MR) is 78.3 cm³/mol. The molecule has 3 rings (SSSR count). The van der Waals surface area contributed by atoms with E-state index in [1.54, 1.807) is 19.1 Å². The molecule has 7 heteroatoms. The second-order valence-electron chi connectivity index (χ2n) is 4.52. The van der Waals surface area contributed by atoms with E-state index in [0.717, 1.165) is 0 Å². The molecule has 0 saturated heterocycles. The van der Waals surface area contributed by atoms with Gasteiger partial charge in [-0.1, -0.05) is 16.8 Å². The van der Waals surface area contributed by atoms with Gasteiger partial charge < -0.3 is 14.3 Å². The zero-order valence-corrected chi connectivity index (χ0v) is 12.1. The summed E-state index contributed by atoms with van der Waals surface area (Å²) in [5, 5.41) is 6.38. The Morgan fingerprint density at radius 3 is 2.86 bits per heavy atom. The molecule has 1 amide bonds. The number of hydrogen-bond acceptors (Lipinski definition) is 4. The molecule has 0 aliphatic carbocycles. The van der Waals surface area contributed by atoms with E-state index >= 15 is 0 Å². The van der Waals surface area contributed by atoms with Gasteiger partial charge in [0.1, 0.15) is 17.1 Å². The molecule has 5 nitrogen and oxygen atoms in total. The predicted octanol–water partition coefficient (Wildman–Crippen LogP) is 4.29. The van der Waals surface area contributed by atoms with Gasteiger partial charge in [-0.2, -0.15) is 0 Å². The van der Waals surface area contributed by atoms with E-state index in [1.165, 1.54) is 24.5 Å². The van der Waals surface area contributed by atoms with Crippen molar-refractivity contribution in [3.05, 3.63) is 58.8 Å². The lowest BCUT2D eigenvalue weighted by Crippen LogP contribution is -2.13. The maximum Gasteiger partial charge on any atom is 0.261 e. The first kappa shape index (κ1) is 14.3. The monoisotopic (exact) mass is 320 g/mol. The summed E-state index contributed by atoms with van der Waals surface area (Å²) in [7, 11) is 0. The minimum Gasteiger partial charge on any atom is -0.463 e. The Labute approximate surface area is 129 Å². The van der Waals surface area contributed by atoms with Crippen LogP contribution in [0.3, 0.4) is 0 Å². The van der Waals surface area contributed by atoms with Gasteiger partial charge in [0.2, 0.25) is 0 Å². The van der Waals surface area contributed by atoms with Crippen molar-refractivity contribution < 1.29 is 18.1 Å². The minimum atomic E-state index is -0.558. The van der Waals surface area contributed by atoms with E-state index in [9.17, 15) is 9.18 Å². The summed E-state index contributed by atoms with van der Waals surface area (Å²) >= 11 is 5.69. The lowest BCUT2D eigenvalue weighted by atomic mass is 10.1. The van der Waals surface area contributed by atoms with E-state index < -0.39 is 11.7 Å². The first-order valence-corrected chi connectivity index (χ1v) is 6.70. The van der Waals surface area contributed by atoms with E-state index in [0.29, 0.717) is 22.9 Å². The number of nitrogens with one attached hydrogen (secondary N) is 1. The fraction of sp³-hybridized carbons (Fsp3) is 0.0667. The van der Waals surface area contributed by atoms with Gasteiger partial charge in [-0.15, -0.1) is 0 Å². The first-order chi connectivity index (χ1) is 10.6. The van der Waals surface area contributed by atoms with Crippen LogP contribution in [0.25, 0.3) is 11.5 Å². The van der Waals surface area contributed by atoms with Crippen LogP contribution in [0.4, 0.5) is 10.1 Å². The molecular weight excluding hydrogens is 311 g/mol. The number of halogens is 2. The summed E-state index contributed by atoms with van der Waals surface area (Å²) in [4.78, 5) is 12.4. The molecule has 0 radical (unpaired) electrons. The lowest BCUT2D eigenvalue weighted by molar-refractivity contribution is 0.102. The number of carbonyl (C=O) groups excluding carboxylic acids is 1. The second-order valence-corrected chi connectivity index (χ2v) is 4.93. The number of aryl methyl sites for hydroxylation is 1. The molecule has 0 saturated carbocycles. The zero-order valence-electron chi connectivity index (χ0n) is 11.4. The average molecular weight is 321 g/mol. The smallest absolute Gasteiger partial charge is 0.261 e. The summed E-state index contributed by atoms with van der Waals surface area (Å²) in [6.45, 7) is 1.62. The standard InChI is InChI=1S/C15H10ClFN2O3/c1-8-13(14(19-22-8)12-3-2-6-21-12)15(20)18-9-4-5-11(17)10(16)7-9/h2-7H,1H3,(H,18,20). The number of amides is 1. The maximum atomic E-state index is 13.1. The number of benzene rings is 1. The lowest BCUT2D eigenvalue weighted by Gasteiger charge is -2.06. The SMILES string of the molecule is Cc1onc(-c2ccco2)c1C(=O)Nc1ccc(F)c(Cl)c1. The highest BCUT2D eigenvalue weighted by Gasteiger charge is 2.23. The molecule has 0 bridgehead atoms. The van der Waals surface area contributed by atoms with Gasteiger partial charge in [0.15, 0.2) is 11.5 Å². The van der Waals surface area contributed by atoms with Crippen molar-refractivity contribution in [1.82, 2.24) is 5.16 Å². The van der Waals surface area contributed by atoms with Crippen molar-refractivity contribution in [2.24, 2.45) is 0 Å². The number of furan rings is 1. The number of aromatic nitrogens is 1. The van der Waals surface area contributed by atoms with Crippen molar-refractivity contribution in [2.75, 3.05) is 5.32 Å². The number of rotatable bonds is 3. The summed E-state index contributed by atoms with van der Waals surface area (Å²) in [5.74, 6) is -0.249. The van der Waals surface area contributed by atoms with Crippen LogP contribution >= 0.6 is 11.6 Å². The van der Waals surface area contributed by atoms with Crippen molar-refractivity contribution in [3.63, 3.8) is 0 Å². The largest absolute Gasteiger partial charge is 0.463 e. The quantitative estimate of drug-likeness (QED) is 0.781. The molecule has 1 N–H and O–H groups in total. The number of nitrogens with zero attached hydrogens (tertiary/aromatic N) is 1. The summed E-state index contributed by atoms with van der Waals surface area (Å²) in [6.07, 6.45) is 1.47. The van der Waals surface area contributed by atoms with E-state index in [-0.39, 0.29) is 10.6 Å². The third-order valence-electron chi connectivity index (χ3n) is 3.02. The van der Waals surface area contributed by atoms with Crippen LogP contribution in [0, 0.1) is 12.7 Å². The molecule has 2 aromatic heterocycles. The molecular formula is C15H10ClFN2O3. The van der Waals surface area contributed by atoms with Gasteiger partial charge in [-0.3, -0.25) is 4.79 Å². The van der Waals surface area contributed by atoms with Crippen LogP contribution in [-0.4, -0.2) is 11.1 Å². The molecule has 0 fully saturated rings. The molecule has 22 heavy (non-hydrogen) atoms. The first-order valence-electron chi connectivity index (χ1n) is 6.33. The Kier molecular flexibility index (Phi) is 3.68. The molecule has 0 unspecified atom stereocenters. The van der Waals surface area contributed by atoms with E-state index in [4.69, 9.17) is 20.5 Å². The molecule has 0 aliphatic rings. The summed E-state index contributed by atoms with van der Waals surface area (Å²) in [6, 6.07) is 7.26. The number of carbonyl (C=O) groups is 1. The topological polar surface area (TPSA) is 68.3 Å². The Bertz CT molecular complexity index is 827. The van der Waals surface area contributed by atoms with Gasteiger partial charge in [0, 0.05) is 5.69 Å². The molecule has 0 atom stereocenters. The van der Waals surface area contributed by atoms with Crippen LogP contribution in [-0.2, 0) is 0 Å². The molecule has 1 aromatic carbocycles. The van der Waals surface area contributed by atoms with Crippen LogP contribution in [0.15, 0.2) is 45.5 Å². The molecule has 0 aliphatic heterocycles. The third-order valence-corrected chi connectivity index (χ3v) is 3.31. The average Bonchev–Trinajstić information content (AvgIpc) is 3.11. The van der Waals surface area contributed by atoms with Crippen molar-refractivity contribution in [1.29, 1.82) is 0 Å².